The molecule has 6 nitrogen and oxygen atoms in total. The zero-order chi connectivity index (χ0) is 13.4. The minimum absolute atomic E-state index is 0.709. The molecule has 0 radical (unpaired) electrons. The number of nitrogens with zero attached hydrogens (tertiary/aromatic N) is 3. The van der Waals surface area contributed by atoms with E-state index in [0.29, 0.717) is 5.82 Å². The molecule has 0 saturated carbocycles. The van der Waals surface area contributed by atoms with Crippen LogP contribution < -0.4 is 16.2 Å². The molecule has 102 valence electrons. The van der Waals surface area contributed by atoms with Crippen molar-refractivity contribution in [3.05, 3.63) is 11.9 Å². The van der Waals surface area contributed by atoms with E-state index in [9.17, 15) is 0 Å². The monoisotopic (exact) mass is 253 g/mol. The molecule has 0 aliphatic heterocycles. The lowest BCUT2D eigenvalue weighted by Gasteiger charge is -2.22. The first-order chi connectivity index (χ1) is 8.74. The second-order valence-corrected chi connectivity index (χ2v) is 4.19. The summed E-state index contributed by atoms with van der Waals surface area (Å²) < 4.78 is 5.06. The van der Waals surface area contributed by atoms with Gasteiger partial charge in [-0.1, -0.05) is 13.3 Å². The van der Waals surface area contributed by atoms with Gasteiger partial charge in [-0.05, 0) is 12.8 Å². The van der Waals surface area contributed by atoms with E-state index in [1.165, 1.54) is 6.33 Å². The predicted molar refractivity (Wildman–Crippen MR) is 73.6 cm³/mol. The fraction of sp³-hybridized carbons (Fsp3) is 0.667. The summed E-state index contributed by atoms with van der Waals surface area (Å²) in [6.07, 6.45) is 4.44. The summed E-state index contributed by atoms with van der Waals surface area (Å²) in [6.45, 7) is 3.77. The summed E-state index contributed by atoms with van der Waals surface area (Å²) >= 11 is 0. The second kappa shape index (κ2) is 7.84. The Morgan fingerprint density at radius 2 is 2.22 bits per heavy atom. The number of hydrogen-bond acceptors (Lipinski definition) is 6. The predicted octanol–water partition coefficient (Wildman–Crippen LogP) is 1.19. The Bertz CT molecular complexity index is 358. The Hall–Kier alpha value is -1.40. The van der Waals surface area contributed by atoms with Crippen molar-refractivity contribution in [1.29, 1.82) is 0 Å². The third-order valence-electron chi connectivity index (χ3n) is 2.76. The molecule has 1 aromatic heterocycles. The van der Waals surface area contributed by atoms with Gasteiger partial charge in [0, 0.05) is 32.9 Å². The molecule has 0 aliphatic carbocycles. The van der Waals surface area contributed by atoms with Crippen LogP contribution in [0.25, 0.3) is 0 Å². The first-order valence-corrected chi connectivity index (χ1v) is 6.25. The minimum atomic E-state index is 0.709. The average molecular weight is 253 g/mol. The van der Waals surface area contributed by atoms with E-state index in [1.54, 1.807) is 7.11 Å². The van der Waals surface area contributed by atoms with Crippen molar-refractivity contribution < 1.29 is 4.74 Å². The highest BCUT2D eigenvalue weighted by atomic mass is 16.5. The van der Waals surface area contributed by atoms with Crippen LogP contribution in [-0.2, 0) is 11.2 Å². The van der Waals surface area contributed by atoms with Crippen LogP contribution in [0.5, 0.6) is 0 Å². The van der Waals surface area contributed by atoms with Gasteiger partial charge in [-0.2, -0.15) is 0 Å². The number of hydrogen-bond donors (Lipinski definition) is 2. The third kappa shape index (κ3) is 3.82. The lowest BCUT2D eigenvalue weighted by molar-refractivity contribution is 0.196. The Kier molecular flexibility index (Phi) is 6.38. The van der Waals surface area contributed by atoms with Crippen molar-refractivity contribution in [1.82, 2.24) is 9.97 Å². The van der Waals surface area contributed by atoms with Crippen molar-refractivity contribution in [2.24, 2.45) is 5.84 Å². The fourth-order valence-corrected chi connectivity index (χ4v) is 1.89. The quantitative estimate of drug-likeness (QED) is 0.412. The van der Waals surface area contributed by atoms with E-state index in [1.807, 2.05) is 7.05 Å². The molecule has 0 bridgehead atoms. The van der Waals surface area contributed by atoms with E-state index in [0.717, 1.165) is 43.8 Å². The number of rotatable bonds is 8. The van der Waals surface area contributed by atoms with Crippen molar-refractivity contribution in [3.63, 3.8) is 0 Å². The van der Waals surface area contributed by atoms with Crippen LogP contribution >= 0.6 is 0 Å². The maximum Gasteiger partial charge on any atom is 0.148 e. The standard InChI is InChI=1S/C12H23N5O/c1-4-6-10-11(16-13)14-9-15-12(10)17(2)7-5-8-18-3/h9H,4-8,13H2,1-3H3,(H,14,15,16). The zero-order valence-electron chi connectivity index (χ0n) is 11.4. The van der Waals surface area contributed by atoms with E-state index in [4.69, 9.17) is 10.6 Å². The van der Waals surface area contributed by atoms with E-state index in [2.05, 4.69) is 27.2 Å². The van der Waals surface area contributed by atoms with Crippen LogP contribution in [0.2, 0.25) is 0 Å². The Balaban J connectivity index is 2.85. The van der Waals surface area contributed by atoms with Gasteiger partial charge in [-0.3, -0.25) is 0 Å². The number of hydrazine groups is 1. The van der Waals surface area contributed by atoms with Crippen molar-refractivity contribution >= 4 is 11.6 Å². The van der Waals surface area contributed by atoms with E-state index in [-0.39, 0.29) is 0 Å². The Labute approximate surface area is 109 Å². The van der Waals surface area contributed by atoms with Crippen LogP contribution in [0.1, 0.15) is 25.3 Å². The van der Waals surface area contributed by atoms with Gasteiger partial charge in [-0.25, -0.2) is 15.8 Å². The molecule has 18 heavy (non-hydrogen) atoms. The summed E-state index contributed by atoms with van der Waals surface area (Å²) in [5.74, 6) is 7.14. The largest absolute Gasteiger partial charge is 0.385 e. The summed E-state index contributed by atoms with van der Waals surface area (Å²) in [7, 11) is 3.74. The average Bonchev–Trinajstić information content (AvgIpc) is 2.39. The van der Waals surface area contributed by atoms with Gasteiger partial charge in [0.05, 0.1) is 0 Å². The highest BCUT2D eigenvalue weighted by Crippen LogP contribution is 2.23. The maximum atomic E-state index is 5.49. The zero-order valence-corrected chi connectivity index (χ0v) is 11.4. The van der Waals surface area contributed by atoms with Gasteiger partial charge in [0.2, 0.25) is 0 Å². The van der Waals surface area contributed by atoms with Crippen LogP contribution in [0, 0.1) is 0 Å². The van der Waals surface area contributed by atoms with Gasteiger partial charge < -0.3 is 15.1 Å². The highest BCUT2D eigenvalue weighted by Gasteiger charge is 2.13. The number of ether oxygens (including phenoxy) is 1. The Morgan fingerprint density at radius 3 is 2.83 bits per heavy atom. The topological polar surface area (TPSA) is 76.3 Å². The second-order valence-electron chi connectivity index (χ2n) is 4.19. The molecule has 1 rings (SSSR count). The number of methoxy groups -OCH3 is 1. The van der Waals surface area contributed by atoms with E-state index >= 15 is 0 Å². The van der Waals surface area contributed by atoms with Gasteiger partial charge in [0.25, 0.3) is 0 Å². The first-order valence-electron chi connectivity index (χ1n) is 6.25. The molecule has 1 aromatic rings. The highest BCUT2D eigenvalue weighted by molar-refractivity contribution is 5.58. The lowest BCUT2D eigenvalue weighted by atomic mass is 10.1. The van der Waals surface area contributed by atoms with Crippen LogP contribution in [-0.4, -0.2) is 37.3 Å². The normalized spacial score (nSPS) is 10.4. The Morgan fingerprint density at radius 1 is 1.44 bits per heavy atom. The number of nitrogens with two attached hydrogens (primary N) is 1. The summed E-state index contributed by atoms with van der Waals surface area (Å²) in [6, 6.07) is 0. The molecule has 0 aromatic carbocycles. The van der Waals surface area contributed by atoms with Crippen LogP contribution in [0.4, 0.5) is 11.6 Å². The molecule has 0 atom stereocenters. The van der Waals surface area contributed by atoms with Crippen LogP contribution in [0.15, 0.2) is 6.33 Å². The molecule has 3 N–H and O–H groups in total. The number of nitrogens with one attached hydrogen (secondary N) is 1. The third-order valence-corrected chi connectivity index (χ3v) is 2.76. The van der Waals surface area contributed by atoms with Gasteiger partial charge in [0.1, 0.15) is 18.0 Å². The van der Waals surface area contributed by atoms with Gasteiger partial charge in [-0.15, -0.1) is 0 Å². The molecule has 0 amide bonds. The molecule has 0 fully saturated rings. The first kappa shape index (κ1) is 14.7. The summed E-state index contributed by atoms with van der Waals surface area (Å²) in [4.78, 5) is 10.6. The molecule has 0 aliphatic rings. The molecule has 6 heteroatoms. The fourth-order valence-electron chi connectivity index (χ4n) is 1.89. The smallest absolute Gasteiger partial charge is 0.148 e. The molecule has 0 unspecified atom stereocenters. The molecular formula is C12H23N5O. The van der Waals surface area contributed by atoms with Crippen molar-refractivity contribution in [3.8, 4) is 0 Å². The summed E-state index contributed by atoms with van der Waals surface area (Å²) in [5.41, 5.74) is 3.71. The number of anilines is 2. The summed E-state index contributed by atoms with van der Waals surface area (Å²) in [5, 5.41) is 0. The van der Waals surface area contributed by atoms with Crippen LogP contribution in [0.3, 0.4) is 0 Å². The van der Waals surface area contributed by atoms with Crippen molar-refractivity contribution in [2.75, 3.05) is 37.6 Å². The maximum absolute atomic E-state index is 5.49. The van der Waals surface area contributed by atoms with Crippen molar-refractivity contribution in [2.45, 2.75) is 26.2 Å². The van der Waals surface area contributed by atoms with E-state index < -0.39 is 0 Å². The van der Waals surface area contributed by atoms with Gasteiger partial charge in [0.15, 0.2) is 0 Å². The lowest BCUT2D eigenvalue weighted by Crippen LogP contribution is -2.24. The molecule has 0 saturated heterocycles. The van der Waals surface area contributed by atoms with Gasteiger partial charge >= 0.3 is 0 Å². The molecular weight excluding hydrogens is 230 g/mol. The molecule has 0 spiro atoms. The molecule has 1 heterocycles. The minimum Gasteiger partial charge on any atom is -0.385 e. The number of nitrogen functional groups attached to an aromatic ring is 1. The SMILES string of the molecule is CCCc1c(NN)ncnc1N(C)CCCOC. The number of aromatic nitrogens is 2.